The average molecular weight is 282 g/mol. The van der Waals surface area contributed by atoms with Gasteiger partial charge in [-0.2, -0.15) is 11.8 Å². The van der Waals surface area contributed by atoms with Crippen molar-refractivity contribution in [2.24, 2.45) is 5.73 Å². The van der Waals surface area contributed by atoms with Crippen LogP contribution >= 0.6 is 11.8 Å². The third kappa shape index (κ3) is 3.33. The van der Waals surface area contributed by atoms with Gasteiger partial charge >= 0.3 is 0 Å². The number of nitrogens with zero attached hydrogens (tertiary/aromatic N) is 3. The summed E-state index contributed by atoms with van der Waals surface area (Å²) in [4.78, 5) is 6.78. The van der Waals surface area contributed by atoms with Crippen molar-refractivity contribution >= 4 is 11.8 Å². The molecule has 2 rings (SSSR count). The lowest BCUT2D eigenvalue weighted by Gasteiger charge is -2.34. The minimum absolute atomic E-state index is 0.278. The van der Waals surface area contributed by atoms with Crippen molar-refractivity contribution in [1.29, 1.82) is 0 Å². The molecule has 5 heteroatoms. The van der Waals surface area contributed by atoms with Crippen LogP contribution in [0.2, 0.25) is 0 Å². The lowest BCUT2D eigenvalue weighted by Crippen LogP contribution is -2.40. The fourth-order valence-electron chi connectivity index (χ4n) is 2.70. The molecule has 2 N–H and O–H groups in total. The van der Waals surface area contributed by atoms with Crippen molar-refractivity contribution in [3.63, 3.8) is 0 Å². The molecule has 0 aromatic carbocycles. The van der Waals surface area contributed by atoms with Gasteiger partial charge in [-0.05, 0) is 32.6 Å². The zero-order chi connectivity index (χ0) is 13.8. The molecule has 0 amide bonds. The van der Waals surface area contributed by atoms with Gasteiger partial charge in [-0.1, -0.05) is 6.92 Å². The monoisotopic (exact) mass is 282 g/mol. The second kappa shape index (κ2) is 6.77. The first-order valence-corrected chi connectivity index (χ1v) is 8.54. The Balaban J connectivity index is 2.15. The summed E-state index contributed by atoms with van der Waals surface area (Å²) in [6.07, 6.45) is 9.86. The summed E-state index contributed by atoms with van der Waals surface area (Å²) in [5, 5.41) is 0. The predicted octanol–water partition coefficient (Wildman–Crippen LogP) is 2.29. The smallest absolute Gasteiger partial charge is 0.0951 e. The van der Waals surface area contributed by atoms with E-state index in [0.29, 0.717) is 18.6 Å². The summed E-state index contributed by atoms with van der Waals surface area (Å²) in [6, 6.07) is 1.52. The predicted molar refractivity (Wildman–Crippen MR) is 82.5 cm³/mol. The van der Waals surface area contributed by atoms with Crippen LogP contribution in [-0.2, 0) is 0 Å². The van der Waals surface area contributed by atoms with Crippen LogP contribution in [0.15, 0.2) is 12.5 Å². The summed E-state index contributed by atoms with van der Waals surface area (Å²) in [7, 11) is 2.20. The normalized spacial score (nSPS) is 18.8. The molecule has 1 fully saturated rings. The van der Waals surface area contributed by atoms with Crippen molar-refractivity contribution in [3.05, 3.63) is 18.2 Å². The van der Waals surface area contributed by atoms with Gasteiger partial charge in [-0.25, -0.2) is 4.98 Å². The second-order valence-electron chi connectivity index (χ2n) is 5.39. The lowest BCUT2D eigenvalue weighted by atomic mass is 10.1. The molecule has 2 atom stereocenters. The van der Waals surface area contributed by atoms with E-state index in [1.807, 2.05) is 24.3 Å². The fourth-order valence-corrected chi connectivity index (χ4v) is 3.55. The Morgan fingerprint density at radius 1 is 1.58 bits per heavy atom. The van der Waals surface area contributed by atoms with Gasteiger partial charge in [0.1, 0.15) is 0 Å². The van der Waals surface area contributed by atoms with Gasteiger partial charge in [0.25, 0.3) is 0 Å². The highest BCUT2D eigenvalue weighted by molar-refractivity contribution is 7.98. The Kier molecular flexibility index (Phi) is 5.30. The maximum absolute atomic E-state index is 6.05. The first-order valence-electron chi connectivity index (χ1n) is 7.15. The average Bonchev–Trinajstić information content (AvgIpc) is 3.16. The van der Waals surface area contributed by atoms with E-state index in [9.17, 15) is 0 Å². The van der Waals surface area contributed by atoms with Crippen LogP contribution in [0.4, 0.5) is 0 Å². The van der Waals surface area contributed by atoms with Crippen LogP contribution in [0.3, 0.4) is 0 Å². The van der Waals surface area contributed by atoms with Crippen LogP contribution in [0.5, 0.6) is 0 Å². The molecule has 1 aromatic rings. The molecule has 1 aliphatic carbocycles. The van der Waals surface area contributed by atoms with Crippen LogP contribution in [0.1, 0.15) is 44.0 Å². The summed E-state index contributed by atoms with van der Waals surface area (Å²) in [5.74, 6) is 1.15. The molecule has 1 heterocycles. The van der Waals surface area contributed by atoms with Gasteiger partial charge in [0.15, 0.2) is 0 Å². The molecule has 4 nitrogen and oxygen atoms in total. The number of thioether (sulfide) groups is 1. The molecule has 1 aromatic heterocycles. The van der Waals surface area contributed by atoms with Gasteiger partial charge in [0, 0.05) is 30.6 Å². The molecule has 2 unspecified atom stereocenters. The maximum atomic E-state index is 6.05. The number of likely N-dealkylation sites (N-methyl/N-ethyl adjacent to an activating group) is 1. The first-order chi connectivity index (χ1) is 9.22. The second-order valence-corrected chi connectivity index (χ2v) is 6.30. The molecule has 0 saturated heterocycles. The molecule has 0 bridgehead atoms. The SMILES string of the molecule is CCC(CSC)N(C)C(CN)c1cncn1C1CC1. The summed E-state index contributed by atoms with van der Waals surface area (Å²) in [5.41, 5.74) is 7.34. The zero-order valence-corrected chi connectivity index (χ0v) is 13.1. The van der Waals surface area contributed by atoms with Gasteiger partial charge in [0.2, 0.25) is 0 Å². The molecule has 0 aliphatic heterocycles. The van der Waals surface area contributed by atoms with Crippen molar-refractivity contribution < 1.29 is 0 Å². The van der Waals surface area contributed by atoms with Crippen molar-refractivity contribution in [2.75, 3.05) is 25.6 Å². The lowest BCUT2D eigenvalue weighted by molar-refractivity contribution is 0.181. The van der Waals surface area contributed by atoms with E-state index < -0.39 is 0 Å². The standard InChI is InChI=1S/C14H26N4S/c1-4-11(9-19-3)17(2)13(7-15)14-8-16-10-18(14)12-5-6-12/h8,10-13H,4-7,9,15H2,1-3H3. The van der Waals surface area contributed by atoms with E-state index in [1.54, 1.807) is 0 Å². The van der Waals surface area contributed by atoms with Crippen LogP contribution in [-0.4, -0.2) is 46.1 Å². The quantitative estimate of drug-likeness (QED) is 0.795. The van der Waals surface area contributed by atoms with Crippen molar-refractivity contribution in [1.82, 2.24) is 14.5 Å². The Hall–Kier alpha value is -0.520. The Labute approximate surface area is 120 Å². The van der Waals surface area contributed by atoms with Crippen LogP contribution < -0.4 is 5.73 Å². The van der Waals surface area contributed by atoms with Gasteiger partial charge < -0.3 is 10.3 Å². The number of hydrogen-bond acceptors (Lipinski definition) is 4. The van der Waals surface area contributed by atoms with E-state index in [4.69, 9.17) is 5.73 Å². The van der Waals surface area contributed by atoms with E-state index in [0.717, 1.165) is 12.2 Å². The molecular weight excluding hydrogens is 256 g/mol. The number of hydrogen-bond donors (Lipinski definition) is 1. The largest absolute Gasteiger partial charge is 0.330 e. The first kappa shape index (κ1) is 14.9. The van der Waals surface area contributed by atoms with Crippen LogP contribution in [0, 0.1) is 0 Å². The summed E-state index contributed by atoms with van der Waals surface area (Å²) >= 11 is 1.91. The minimum atomic E-state index is 0.278. The molecule has 0 radical (unpaired) electrons. The van der Waals surface area contributed by atoms with E-state index >= 15 is 0 Å². The zero-order valence-electron chi connectivity index (χ0n) is 12.2. The van der Waals surface area contributed by atoms with Gasteiger partial charge in [-0.3, -0.25) is 4.90 Å². The summed E-state index contributed by atoms with van der Waals surface area (Å²) < 4.78 is 2.33. The van der Waals surface area contributed by atoms with Gasteiger partial charge in [-0.15, -0.1) is 0 Å². The number of rotatable bonds is 8. The van der Waals surface area contributed by atoms with Crippen molar-refractivity contribution in [3.8, 4) is 0 Å². The number of nitrogens with two attached hydrogens (primary N) is 1. The molecule has 1 saturated carbocycles. The third-order valence-corrected chi connectivity index (χ3v) is 4.82. The molecule has 0 spiro atoms. The minimum Gasteiger partial charge on any atom is -0.330 e. The molecule has 108 valence electrons. The van der Waals surface area contributed by atoms with E-state index in [2.05, 4.69) is 34.7 Å². The third-order valence-electron chi connectivity index (χ3n) is 4.10. The topological polar surface area (TPSA) is 47.1 Å². The highest BCUT2D eigenvalue weighted by Gasteiger charge is 2.30. The summed E-state index contributed by atoms with van der Waals surface area (Å²) in [6.45, 7) is 2.91. The fraction of sp³-hybridized carbons (Fsp3) is 0.786. The van der Waals surface area contributed by atoms with Crippen LogP contribution in [0.25, 0.3) is 0 Å². The molecular formula is C14H26N4S. The highest BCUT2D eigenvalue weighted by Crippen LogP contribution is 2.37. The van der Waals surface area contributed by atoms with Crippen molar-refractivity contribution in [2.45, 2.75) is 44.3 Å². The maximum Gasteiger partial charge on any atom is 0.0951 e. The highest BCUT2D eigenvalue weighted by atomic mass is 32.2. The Bertz CT molecular complexity index is 389. The molecule has 19 heavy (non-hydrogen) atoms. The van der Waals surface area contributed by atoms with Gasteiger partial charge in [0.05, 0.1) is 18.1 Å². The number of imidazole rings is 1. The Morgan fingerprint density at radius 2 is 2.32 bits per heavy atom. The number of aromatic nitrogens is 2. The van der Waals surface area contributed by atoms with E-state index in [-0.39, 0.29) is 6.04 Å². The molecule has 1 aliphatic rings. The van der Waals surface area contributed by atoms with E-state index in [1.165, 1.54) is 18.5 Å². The Morgan fingerprint density at radius 3 is 2.84 bits per heavy atom.